The SMILES string of the molecule is COc1ccc(CN2C[C@H](OCc3ccccc3F)CN(C(=O)CCc3scnc3C)CC2=O)cc1. The Hall–Kier alpha value is -3.30. The number of benzene rings is 2. The Labute approximate surface area is 214 Å². The largest absolute Gasteiger partial charge is 0.497 e. The predicted molar refractivity (Wildman–Crippen MR) is 135 cm³/mol. The molecular formula is C27H30FN3O4S. The zero-order valence-corrected chi connectivity index (χ0v) is 21.3. The van der Waals surface area contributed by atoms with Gasteiger partial charge in [0.15, 0.2) is 0 Å². The number of aromatic nitrogens is 1. The molecule has 36 heavy (non-hydrogen) atoms. The number of thiazole rings is 1. The highest BCUT2D eigenvalue weighted by Crippen LogP contribution is 2.19. The molecule has 0 bridgehead atoms. The van der Waals surface area contributed by atoms with Crippen molar-refractivity contribution in [1.29, 1.82) is 0 Å². The van der Waals surface area contributed by atoms with Gasteiger partial charge in [-0.2, -0.15) is 0 Å². The first-order valence-electron chi connectivity index (χ1n) is 11.9. The number of nitrogens with zero attached hydrogens (tertiary/aromatic N) is 3. The Bertz CT molecular complexity index is 1180. The lowest BCUT2D eigenvalue weighted by Gasteiger charge is -2.25. The lowest BCUT2D eigenvalue weighted by atomic mass is 10.2. The van der Waals surface area contributed by atoms with E-state index < -0.39 is 6.10 Å². The fourth-order valence-electron chi connectivity index (χ4n) is 4.15. The molecule has 0 saturated carbocycles. The molecule has 0 radical (unpaired) electrons. The average Bonchev–Trinajstić information content (AvgIpc) is 3.23. The van der Waals surface area contributed by atoms with Crippen molar-refractivity contribution in [3.63, 3.8) is 0 Å². The van der Waals surface area contributed by atoms with Crippen LogP contribution in [-0.2, 0) is 33.9 Å². The van der Waals surface area contributed by atoms with Gasteiger partial charge in [-0.25, -0.2) is 9.37 Å². The highest BCUT2D eigenvalue weighted by Gasteiger charge is 2.31. The van der Waals surface area contributed by atoms with Crippen LogP contribution in [0.25, 0.3) is 0 Å². The summed E-state index contributed by atoms with van der Waals surface area (Å²) < 4.78 is 25.5. The van der Waals surface area contributed by atoms with Gasteiger partial charge in [-0.1, -0.05) is 30.3 Å². The maximum Gasteiger partial charge on any atom is 0.242 e. The monoisotopic (exact) mass is 511 g/mol. The highest BCUT2D eigenvalue weighted by molar-refractivity contribution is 7.09. The molecule has 7 nitrogen and oxygen atoms in total. The minimum Gasteiger partial charge on any atom is -0.497 e. The molecule has 0 unspecified atom stereocenters. The molecule has 1 aromatic heterocycles. The van der Waals surface area contributed by atoms with Crippen LogP contribution in [0.3, 0.4) is 0 Å². The zero-order valence-electron chi connectivity index (χ0n) is 20.5. The zero-order chi connectivity index (χ0) is 25.5. The van der Waals surface area contributed by atoms with E-state index in [2.05, 4.69) is 4.98 Å². The van der Waals surface area contributed by atoms with Gasteiger partial charge in [0.25, 0.3) is 0 Å². The summed E-state index contributed by atoms with van der Waals surface area (Å²) in [6.45, 7) is 2.91. The summed E-state index contributed by atoms with van der Waals surface area (Å²) in [6.07, 6.45) is 0.411. The molecule has 2 amide bonds. The van der Waals surface area contributed by atoms with E-state index in [9.17, 15) is 14.0 Å². The van der Waals surface area contributed by atoms with Crippen LogP contribution in [0.1, 0.15) is 28.1 Å². The first-order chi connectivity index (χ1) is 17.4. The normalized spacial score (nSPS) is 16.2. The van der Waals surface area contributed by atoms with Gasteiger partial charge >= 0.3 is 0 Å². The summed E-state index contributed by atoms with van der Waals surface area (Å²) in [7, 11) is 1.60. The van der Waals surface area contributed by atoms with E-state index in [-0.39, 0.29) is 43.7 Å². The minimum atomic E-state index is -0.455. The molecule has 1 aliphatic heterocycles. The number of hydrogen-bond donors (Lipinski definition) is 0. The van der Waals surface area contributed by atoms with Crippen molar-refractivity contribution in [2.45, 2.75) is 39.0 Å². The second kappa shape index (κ2) is 12.1. The summed E-state index contributed by atoms with van der Waals surface area (Å²) in [5.41, 5.74) is 4.08. The van der Waals surface area contributed by atoms with Crippen LogP contribution in [0.5, 0.6) is 5.75 Å². The summed E-state index contributed by atoms with van der Waals surface area (Å²) in [5.74, 6) is 0.136. The first kappa shape index (κ1) is 25.8. The number of ether oxygens (including phenoxy) is 2. The summed E-state index contributed by atoms with van der Waals surface area (Å²) in [4.78, 5) is 34.9. The molecule has 2 heterocycles. The number of methoxy groups -OCH3 is 1. The van der Waals surface area contributed by atoms with Crippen LogP contribution in [0.2, 0.25) is 0 Å². The number of rotatable bonds is 9. The second-order valence-corrected chi connectivity index (χ2v) is 9.72. The van der Waals surface area contributed by atoms with Crippen LogP contribution in [-0.4, -0.2) is 59.4 Å². The van der Waals surface area contributed by atoms with Crippen molar-refractivity contribution in [2.75, 3.05) is 26.7 Å². The van der Waals surface area contributed by atoms with Gasteiger partial charge in [-0.15, -0.1) is 11.3 Å². The first-order valence-corrected chi connectivity index (χ1v) is 12.7. The molecule has 1 fully saturated rings. The van der Waals surface area contributed by atoms with Gasteiger partial charge in [0.2, 0.25) is 11.8 Å². The molecule has 1 aliphatic rings. The maximum absolute atomic E-state index is 14.2. The topological polar surface area (TPSA) is 72.0 Å². The Morgan fingerprint density at radius 3 is 2.64 bits per heavy atom. The number of halogens is 1. The van der Waals surface area contributed by atoms with Gasteiger partial charge in [-0.3, -0.25) is 9.59 Å². The Morgan fingerprint density at radius 2 is 1.94 bits per heavy atom. The smallest absolute Gasteiger partial charge is 0.242 e. The van der Waals surface area contributed by atoms with Crippen LogP contribution in [0.4, 0.5) is 4.39 Å². The van der Waals surface area contributed by atoms with Crippen molar-refractivity contribution in [3.8, 4) is 5.75 Å². The van der Waals surface area contributed by atoms with Gasteiger partial charge in [-0.05, 0) is 37.1 Å². The molecule has 0 N–H and O–H groups in total. The quantitative estimate of drug-likeness (QED) is 0.435. The Balaban J connectivity index is 1.47. The predicted octanol–water partition coefficient (Wildman–Crippen LogP) is 3.99. The van der Waals surface area contributed by atoms with Gasteiger partial charge in [0.1, 0.15) is 11.6 Å². The van der Waals surface area contributed by atoms with Crippen LogP contribution in [0, 0.1) is 12.7 Å². The molecule has 0 spiro atoms. The Kier molecular flexibility index (Phi) is 8.66. The van der Waals surface area contributed by atoms with E-state index in [4.69, 9.17) is 9.47 Å². The molecule has 0 aliphatic carbocycles. The fraction of sp³-hybridized carbons (Fsp3) is 0.370. The molecule has 3 aromatic rings. The third-order valence-electron chi connectivity index (χ3n) is 6.26. The van der Waals surface area contributed by atoms with E-state index in [1.54, 1.807) is 40.6 Å². The molecule has 9 heteroatoms. The lowest BCUT2D eigenvalue weighted by molar-refractivity contribution is -0.139. The third-order valence-corrected chi connectivity index (χ3v) is 7.25. The molecular weight excluding hydrogens is 481 g/mol. The molecule has 2 aromatic carbocycles. The highest BCUT2D eigenvalue weighted by atomic mass is 32.1. The van der Waals surface area contributed by atoms with Gasteiger partial charge in [0.05, 0.1) is 37.6 Å². The van der Waals surface area contributed by atoms with Crippen molar-refractivity contribution >= 4 is 23.2 Å². The minimum absolute atomic E-state index is 0.0176. The summed E-state index contributed by atoms with van der Waals surface area (Å²) in [5, 5.41) is 0. The standard InChI is InChI=1S/C27H30FN3O4S/c1-19-25(36-18-29-19)11-12-26(32)31-15-23(35-17-21-5-3-4-6-24(21)28)14-30(27(33)16-31)13-20-7-9-22(34-2)10-8-20/h3-10,18,23H,11-17H2,1-2H3/t23-/m0/s1. The molecule has 1 saturated heterocycles. The van der Waals surface area contributed by atoms with E-state index in [0.717, 1.165) is 21.9 Å². The maximum atomic E-state index is 14.2. The summed E-state index contributed by atoms with van der Waals surface area (Å²) >= 11 is 1.53. The van der Waals surface area contributed by atoms with Crippen molar-refractivity contribution in [2.24, 2.45) is 0 Å². The summed E-state index contributed by atoms with van der Waals surface area (Å²) in [6, 6.07) is 14.0. The van der Waals surface area contributed by atoms with E-state index in [1.165, 1.54) is 17.4 Å². The molecule has 190 valence electrons. The third kappa shape index (κ3) is 6.67. The fourth-order valence-corrected chi connectivity index (χ4v) is 4.93. The molecule has 4 rings (SSSR count). The van der Waals surface area contributed by atoms with Crippen LogP contribution >= 0.6 is 11.3 Å². The van der Waals surface area contributed by atoms with Crippen molar-refractivity contribution in [3.05, 3.63) is 81.6 Å². The van der Waals surface area contributed by atoms with Crippen molar-refractivity contribution < 1.29 is 23.5 Å². The number of aryl methyl sites for hydroxylation is 2. The lowest BCUT2D eigenvalue weighted by Crippen LogP contribution is -2.39. The number of carbonyl (C=O) groups excluding carboxylic acids is 2. The second-order valence-electron chi connectivity index (χ2n) is 8.78. The molecule has 1 atom stereocenters. The Morgan fingerprint density at radius 1 is 1.17 bits per heavy atom. The number of amides is 2. The van der Waals surface area contributed by atoms with E-state index in [1.807, 2.05) is 31.2 Å². The van der Waals surface area contributed by atoms with Gasteiger partial charge < -0.3 is 19.3 Å². The number of hydrogen-bond acceptors (Lipinski definition) is 6. The van der Waals surface area contributed by atoms with Crippen LogP contribution in [0.15, 0.2) is 54.0 Å². The van der Waals surface area contributed by atoms with Gasteiger partial charge in [0, 0.05) is 36.5 Å². The van der Waals surface area contributed by atoms with E-state index >= 15 is 0 Å². The number of carbonyl (C=O) groups is 2. The van der Waals surface area contributed by atoms with Crippen LogP contribution < -0.4 is 4.74 Å². The average molecular weight is 512 g/mol. The van der Waals surface area contributed by atoms with E-state index in [0.29, 0.717) is 25.1 Å². The van der Waals surface area contributed by atoms with Crippen molar-refractivity contribution in [1.82, 2.24) is 14.8 Å².